The van der Waals surface area contributed by atoms with Crippen LogP contribution in [-0.4, -0.2) is 96.7 Å². The van der Waals surface area contributed by atoms with Gasteiger partial charge in [-0.05, 0) is 37.5 Å². The number of phosphoric acid groups is 2. The van der Waals surface area contributed by atoms with Gasteiger partial charge in [0.15, 0.2) is 12.2 Å². The summed E-state index contributed by atoms with van der Waals surface area (Å²) in [6, 6.07) is 0. The number of hydrogen-bond donors (Lipinski definition) is 3. The minimum atomic E-state index is -4.96. The van der Waals surface area contributed by atoms with Gasteiger partial charge < -0.3 is 33.8 Å². The average Bonchev–Trinajstić information content (AvgIpc) is 1.37. The molecule has 0 fully saturated rings. The van der Waals surface area contributed by atoms with Crippen LogP contribution in [0.4, 0.5) is 0 Å². The molecule has 100 heavy (non-hydrogen) atoms. The van der Waals surface area contributed by atoms with Crippen LogP contribution in [0, 0.1) is 11.8 Å². The van der Waals surface area contributed by atoms with Crippen LogP contribution >= 0.6 is 15.6 Å². The summed E-state index contributed by atoms with van der Waals surface area (Å²) in [6.45, 7) is 9.61. The van der Waals surface area contributed by atoms with E-state index in [0.29, 0.717) is 25.7 Å². The predicted octanol–water partition coefficient (Wildman–Crippen LogP) is 24.3. The zero-order valence-electron chi connectivity index (χ0n) is 65.5. The second-order valence-corrected chi connectivity index (χ2v) is 33.0. The third-order valence-corrected chi connectivity index (χ3v) is 20.9. The van der Waals surface area contributed by atoms with E-state index in [2.05, 4.69) is 41.5 Å². The largest absolute Gasteiger partial charge is 0.472 e. The van der Waals surface area contributed by atoms with Gasteiger partial charge >= 0.3 is 39.5 Å². The molecule has 0 aliphatic rings. The molecule has 0 aromatic rings. The first-order chi connectivity index (χ1) is 48.4. The number of unbranched alkanes of at least 4 members (excludes halogenated alkanes) is 50. The van der Waals surface area contributed by atoms with Gasteiger partial charge in [0.1, 0.15) is 19.3 Å². The summed E-state index contributed by atoms with van der Waals surface area (Å²) in [6.07, 6.45) is 62.7. The van der Waals surface area contributed by atoms with Crippen LogP contribution in [-0.2, 0) is 65.4 Å². The number of esters is 4. The molecule has 0 saturated carbocycles. The Labute approximate surface area is 613 Å². The van der Waals surface area contributed by atoms with Gasteiger partial charge in [-0.3, -0.25) is 37.3 Å². The summed E-state index contributed by atoms with van der Waals surface area (Å²) < 4.78 is 68.6. The fraction of sp³-hybridized carbons (Fsp3) is 0.951. The summed E-state index contributed by atoms with van der Waals surface area (Å²) in [4.78, 5) is 72.9. The van der Waals surface area contributed by atoms with E-state index in [9.17, 15) is 43.2 Å². The third-order valence-electron chi connectivity index (χ3n) is 19.0. The fourth-order valence-corrected chi connectivity index (χ4v) is 14.1. The van der Waals surface area contributed by atoms with E-state index in [1.807, 2.05) is 0 Å². The smallest absolute Gasteiger partial charge is 0.462 e. The van der Waals surface area contributed by atoms with Gasteiger partial charge in [-0.25, -0.2) is 9.13 Å². The molecule has 0 rings (SSSR count). The fourth-order valence-electron chi connectivity index (χ4n) is 12.5. The molecule has 0 aromatic carbocycles. The second kappa shape index (κ2) is 72.6. The lowest BCUT2D eigenvalue weighted by Crippen LogP contribution is -2.30. The van der Waals surface area contributed by atoms with Crippen molar-refractivity contribution in [2.45, 2.75) is 445 Å². The number of rotatable bonds is 80. The van der Waals surface area contributed by atoms with Crippen molar-refractivity contribution >= 4 is 39.5 Å². The number of aliphatic hydroxyl groups excluding tert-OH is 1. The Balaban J connectivity index is 5.16. The van der Waals surface area contributed by atoms with E-state index in [0.717, 1.165) is 115 Å². The molecule has 0 bridgehead atoms. The molecule has 17 nitrogen and oxygen atoms in total. The van der Waals surface area contributed by atoms with Gasteiger partial charge in [-0.2, -0.15) is 0 Å². The maximum Gasteiger partial charge on any atom is 0.472 e. The molecule has 0 aliphatic carbocycles. The van der Waals surface area contributed by atoms with Crippen LogP contribution in [0.1, 0.15) is 427 Å². The van der Waals surface area contributed by atoms with Crippen LogP contribution in [0.5, 0.6) is 0 Å². The Morgan fingerprint density at radius 2 is 0.460 bits per heavy atom. The standard InChI is InChI=1S/C81H158O17P2/c1-7-9-11-13-15-16-17-18-19-20-21-22-23-24-25-26-31-36-41-47-53-59-65-80(85)98-77(70-92-79(84)64-58-52-46-40-35-30-28-27-29-33-38-44-49-55-61-73(3)4)72-96-100(89,90)94-68-75(82)67-93-99(87,88)95-71-76(69-91-78(83)63-57-51-43-14-12-10-8-2)97-81(86)66-60-54-48-42-37-32-34-39-45-50-56-62-74(5)6/h73-77,82H,7-72H2,1-6H3,(H,87,88)(H,89,90)/t75-,76+,77+/m0/s1. The van der Waals surface area contributed by atoms with Crippen molar-refractivity contribution in [3.05, 3.63) is 0 Å². The summed E-state index contributed by atoms with van der Waals surface area (Å²) in [5, 5.41) is 10.6. The highest BCUT2D eigenvalue weighted by atomic mass is 31.2. The predicted molar refractivity (Wildman–Crippen MR) is 409 cm³/mol. The van der Waals surface area contributed by atoms with Gasteiger partial charge in [0.05, 0.1) is 26.4 Å². The molecule has 0 radical (unpaired) electrons. The van der Waals surface area contributed by atoms with Crippen LogP contribution in [0.2, 0.25) is 0 Å². The Bertz CT molecular complexity index is 1920. The first-order valence-corrected chi connectivity index (χ1v) is 45.0. The quantitative estimate of drug-likeness (QED) is 0.0222. The summed E-state index contributed by atoms with van der Waals surface area (Å²) in [5.41, 5.74) is 0. The molecule has 594 valence electrons. The highest BCUT2D eigenvalue weighted by Crippen LogP contribution is 2.45. The summed E-state index contributed by atoms with van der Waals surface area (Å²) >= 11 is 0. The Hall–Kier alpha value is -1.94. The summed E-state index contributed by atoms with van der Waals surface area (Å²) in [5.74, 6) is -0.550. The molecule has 2 unspecified atom stereocenters. The maximum atomic E-state index is 13.1. The highest BCUT2D eigenvalue weighted by Gasteiger charge is 2.30. The van der Waals surface area contributed by atoms with E-state index in [4.69, 9.17) is 37.0 Å². The SMILES string of the molecule is CCCCCCCCCCCCCCCCCCCCCCCCC(=O)O[C@H](COC(=O)CCCCCCCCCCCCCCCCC(C)C)COP(=O)(O)OC[C@@H](O)COP(=O)(O)OC[C@@H](COC(=O)CCCCCCCCC)OC(=O)CCCCCCCCCCCCCC(C)C. The lowest BCUT2D eigenvalue weighted by Gasteiger charge is -2.21. The van der Waals surface area contributed by atoms with E-state index in [1.165, 1.54) is 231 Å². The van der Waals surface area contributed by atoms with Crippen LogP contribution in [0.3, 0.4) is 0 Å². The topological polar surface area (TPSA) is 237 Å². The number of hydrogen-bond acceptors (Lipinski definition) is 15. The minimum absolute atomic E-state index is 0.106. The van der Waals surface area contributed by atoms with E-state index in [-0.39, 0.29) is 25.7 Å². The van der Waals surface area contributed by atoms with Crippen molar-refractivity contribution < 1.29 is 80.2 Å². The number of carbonyl (C=O) groups is 4. The normalized spacial score (nSPS) is 13.9. The molecule has 0 heterocycles. The van der Waals surface area contributed by atoms with Crippen molar-refractivity contribution in [1.82, 2.24) is 0 Å². The molecule has 0 saturated heterocycles. The number of phosphoric ester groups is 2. The first-order valence-electron chi connectivity index (χ1n) is 42.0. The Morgan fingerprint density at radius 1 is 0.270 bits per heavy atom. The molecule has 0 amide bonds. The number of aliphatic hydroxyl groups is 1. The molecular formula is C81H158O17P2. The zero-order chi connectivity index (χ0) is 73.5. The lowest BCUT2D eigenvalue weighted by atomic mass is 10.0. The van der Waals surface area contributed by atoms with Gasteiger partial charge in [-0.1, -0.05) is 375 Å². The first kappa shape index (κ1) is 98.1. The van der Waals surface area contributed by atoms with Gasteiger partial charge in [0.2, 0.25) is 0 Å². The zero-order valence-corrected chi connectivity index (χ0v) is 67.3. The second-order valence-electron chi connectivity index (χ2n) is 30.1. The Morgan fingerprint density at radius 3 is 0.680 bits per heavy atom. The van der Waals surface area contributed by atoms with Crippen molar-refractivity contribution in [3.63, 3.8) is 0 Å². The van der Waals surface area contributed by atoms with Crippen LogP contribution < -0.4 is 0 Å². The summed E-state index contributed by atoms with van der Waals surface area (Å²) in [7, 11) is -9.91. The maximum absolute atomic E-state index is 13.1. The van der Waals surface area contributed by atoms with Crippen molar-refractivity contribution in [2.24, 2.45) is 11.8 Å². The molecule has 0 aromatic heterocycles. The molecular weight excluding hydrogens is 1310 g/mol. The van der Waals surface area contributed by atoms with E-state index >= 15 is 0 Å². The monoisotopic (exact) mass is 1470 g/mol. The molecule has 0 aliphatic heterocycles. The molecule has 3 N–H and O–H groups in total. The number of ether oxygens (including phenoxy) is 4. The molecule has 0 spiro atoms. The highest BCUT2D eigenvalue weighted by molar-refractivity contribution is 7.47. The van der Waals surface area contributed by atoms with Gasteiger partial charge in [0.25, 0.3) is 0 Å². The Kier molecular flexibility index (Phi) is 71.2. The van der Waals surface area contributed by atoms with Crippen molar-refractivity contribution in [3.8, 4) is 0 Å². The van der Waals surface area contributed by atoms with Crippen LogP contribution in [0.25, 0.3) is 0 Å². The molecule has 5 atom stereocenters. The third kappa shape index (κ3) is 74.3. The lowest BCUT2D eigenvalue weighted by molar-refractivity contribution is -0.161. The van der Waals surface area contributed by atoms with Gasteiger partial charge in [0, 0.05) is 25.7 Å². The number of carbonyl (C=O) groups excluding carboxylic acids is 4. The van der Waals surface area contributed by atoms with Gasteiger partial charge in [-0.15, -0.1) is 0 Å². The van der Waals surface area contributed by atoms with Crippen LogP contribution in [0.15, 0.2) is 0 Å². The average molecular weight is 1470 g/mol. The van der Waals surface area contributed by atoms with E-state index in [1.54, 1.807) is 0 Å². The van der Waals surface area contributed by atoms with Crippen molar-refractivity contribution in [1.29, 1.82) is 0 Å². The minimum Gasteiger partial charge on any atom is -0.462 e. The van der Waals surface area contributed by atoms with Crippen molar-refractivity contribution in [2.75, 3.05) is 39.6 Å². The molecule has 19 heteroatoms. The van der Waals surface area contributed by atoms with E-state index < -0.39 is 97.5 Å².